The second-order valence-corrected chi connectivity index (χ2v) is 10.6. The first-order valence-corrected chi connectivity index (χ1v) is 12.9. The Morgan fingerprint density at radius 3 is 2.11 bits per heavy atom. The van der Waals surface area contributed by atoms with E-state index in [4.69, 9.17) is 0 Å². The molecular weight excluding hydrogens is 532 g/mol. The molecule has 0 fully saturated rings. The van der Waals surface area contributed by atoms with Crippen molar-refractivity contribution in [2.24, 2.45) is 7.05 Å². The number of benzene rings is 3. The van der Waals surface area contributed by atoms with E-state index in [1.165, 1.54) is 16.8 Å². The fourth-order valence-electron chi connectivity index (χ4n) is 3.71. The molecule has 35 heavy (non-hydrogen) atoms. The number of carbonyl (C=O) groups is 1. The molecule has 1 heterocycles. The van der Waals surface area contributed by atoms with Crippen molar-refractivity contribution in [3.05, 3.63) is 105 Å². The van der Waals surface area contributed by atoms with Gasteiger partial charge in [0.15, 0.2) is 0 Å². The number of hydrogen-bond donors (Lipinski definition) is 1. The van der Waals surface area contributed by atoms with Crippen molar-refractivity contribution in [1.82, 2.24) is 9.36 Å². The van der Waals surface area contributed by atoms with Gasteiger partial charge in [0.05, 0.1) is 16.3 Å². The van der Waals surface area contributed by atoms with Crippen molar-refractivity contribution in [2.45, 2.75) is 11.8 Å². The molecule has 4 aromatic rings. The molecular formula is C25H23BrN4O4S. The molecule has 1 N–H and O–H groups in total. The number of hydrogen-bond acceptors (Lipinski definition) is 4. The number of rotatable bonds is 7. The molecule has 0 unspecified atom stereocenters. The summed E-state index contributed by atoms with van der Waals surface area (Å²) in [6.45, 7) is 1.07. The summed E-state index contributed by atoms with van der Waals surface area (Å²) in [4.78, 5) is 26.6. The van der Waals surface area contributed by atoms with Gasteiger partial charge < -0.3 is 5.32 Å². The molecule has 0 spiro atoms. The molecule has 1 aromatic heterocycles. The van der Waals surface area contributed by atoms with Crippen molar-refractivity contribution in [3.8, 4) is 5.69 Å². The van der Waals surface area contributed by atoms with Crippen molar-refractivity contribution < 1.29 is 13.2 Å². The lowest BCUT2D eigenvalue weighted by molar-refractivity contribution is -0.114. The van der Waals surface area contributed by atoms with Gasteiger partial charge in [0.2, 0.25) is 5.91 Å². The standard InChI is InChI=1S/C25H23BrN4O4S/c1-18-24(25(32)30(28(18)2)21-9-5-3-6-10-21)29(35(33,34)22-11-7-4-8-12-22)17-23(31)27-20-15-13-19(26)14-16-20/h3-16H,17H2,1-2H3,(H,27,31). The number of anilines is 2. The highest BCUT2D eigenvalue weighted by Crippen LogP contribution is 2.25. The number of sulfonamides is 1. The number of halogens is 1. The largest absolute Gasteiger partial charge is 0.325 e. The van der Waals surface area contributed by atoms with Gasteiger partial charge in [-0.15, -0.1) is 0 Å². The first-order chi connectivity index (χ1) is 16.7. The lowest BCUT2D eigenvalue weighted by Crippen LogP contribution is -2.41. The molecule has 0 saturated heterocycles. The van der Waals surface area contributed by atoms with E-state index < -0.39 is 28.0 Å². The van der Waals surface area contributed by atoms with Crippen LogP contribution in [0, 0.1) is 6.92 Å². The van der Waals surface area contributed by atoms with E-state index in [9.17, 15) is 18.0 Å². The average Bonchev–Trinajstić information content (AvgIpc) is 3.07. The van der Waals surface area contributed by atoms with Crippen LogP contribution < -0.4 is 15.2 Å². The predicted octanol–water partition coefficient (Wildman–Crippen LogP) is 4.08. The van der Waals surface area contributed by atoms with E-state index in [1.807, 2.05) is 6.07 Å². The molecule has 8 nitrogen and oxygen atoms in total. The number of carbonyl (C=O) groups excluding carboxylic acids is 1. The third-order valence-corrected chi connectivity index (χ3v) is 7.81. The van der Waals surface area contributed by atoms with Crippen LogP contribution in [0.5, 0.6) is 0 Å². The predicted molar refractivity (Wildman–Crippen MR) is 139 cm³/mol. The van der Waals surface area contributed by atoms with Crippen LogP contribution in [0.1, 0.15) is 5.69 Å². The molecule has 0 aliphatic carbocycles. The zero-order valence-electron chi connectivity index (χ0n) is 19.1. The van der Waals surface area contributed by atoms with Gasteiger partial charge in [-0.25, -0.2) is 17.4 Å². The van der Waals surface area contributed by atoms with Crippen LogP contribution in [0.4, 0.5) is 11.4 Å². The average molecular weight is 555 g/mol. The molecule has 0 radical (unpaired) electrons. The first kappa shape index (κ1) is 24.5. The molecule has 0 atom stereocenters. The molecule has 4 rings (SSSR count). The Kier molecular flexibility index (Phi) is 6.95. The topological polar surface area (TPSA) is 93.4 Å². The third-order valence-electron chi connectivity index (χ3n) is 5.52. The van der Waals surface area contributed by atoms with Gasteiger partial charge >= 0.3 is 0 Å². The Hall–Kier alpha value is -3.63. The molecule has 0 bridgehead atoms. The zero-order valence-corrected chi connectivity index (χ0v) is 21.5. The van der Waals surface area contributed by atoms with E-state index in [-0.39, 0.29) is 10.6 Å². The maximum Gasteiger partial charge on any atom is 0.296 e. The Labute approximate surface area is 211 Å². The number of aromatic nitrogens is 2. The summed E-state index contributed by atoms with van der Waals surface area (Å²) in [5.74, 6) is -0.583. The van der Waals surface area contributed by atoms with Gasteiger partial charge in [0.25, 0.3) is 15.6 Å². The Bertz CT molecular complexity index is 1510. The van der Waals surface area contributed by atoms with Crippen molar-refractivity contribution >= 4 is 43.2 Å². The minimum Gasteiger partial charge on any atom is -0.325 e. The number of nitrogens with zero attached hydrogens (tertiary/aromatic N) is 3. The van der Waals surface area contributed by atoms with E-state index in [2.05, 4.69) is 21.2 Å². The SMILES string of the molecule is Cc1c(N(CC(=O)Nc2ccc(Br)cc2)S(=O)(=O)c2ccccc2)c(=O)n(-c2ccccc2)n1C. The normalized spacial score (nSPS) is 11.3. The highest BCUT2D eigenvalue weighted by atomic mass is 79.9. The quantitative estimate of drug-likeness (QED) is 0.372. The van der Waals surface area contributed by atoms with Gasteiger partial charge in [-0.1, -0.05) is 52.3 Å². The lowest BCUT2D eigenvalue weighted by Gasteiger charge is -2.23. The van der Waals surface area contributed by atoms with Crippen LogP contribution in [0.15, 0.2) is 99.1 Å². The zero-order chi connectivity index (χ0) is 25.2. The van der Waals surface area contributed by atoms with Crippen LogP contribution in [0.25, 0.3) is 5.69 Å². The van der Waals surface area contributed by atoms with Crippen molar-refractivity contribution in [1.29, 1.82) is 0 Å². The highest BCUT2D eigenvalue weighted by molar-refractivity contribution is 9.10. The minimum atomic E-state index is -4.24. The van der Waals surface area contributed by atoms with Gasteiger partial charge in [-0.2, -0.15) is 0 Å². The summed E-state index contributed by atoms with van der Waals surface area (Å²) in [7, 11) is -2.57. The number of para-hydroxylation sites is 1. The summed E-state index contributed by atoms with van der Waals surface area (Å²) in [6, 6.07) is 23.5. The van der Waals surface area contributed by atoms with Crippen LogP contribution in [-0.4, -0.2) is 30.2 Å². The Morgan fingerprint density at radius 2 is 1.51 bits per heavy atom. The maximum atomic E-state index is 13.7. The summed E-state index contributed by atoms with van der Waals surface area (Å²) in [5.41, 5.74) is 0.834. The van der Waals surface area contributed by atoms with Crippen LogP contribution in [0.3, 0.4) is 0 Å². The molecule has 180 valence electrons. The summed E-state index contributed by atoms with van der Waals surface area (Å²) in [5, 5.41) is 2.70. The fourth-order valence-corrected chi connectivity index (χ4v) is 5.47. The van der Waals surface area contributed by atoms with Crippen molar-refractivity contribution in [2.75, 3.05) is 16.2 Å². The van der Waals surface area contributed by atoms with Gasteiger partial charge in [0, 0.05) is 17.2 Å². The van der Waals surface area contributed by atoms with E-state index in [1.54, 1.807) is 85.4 Å². The molecule has 3 aromatic carbocycles. The monoisotopic (exact) mass is 554 g/mol. The number of nitrogens with one attached hydrogen (secondary N) is 1. The fraction of sp³-hybridized carbons (Fsp3) is 0.120. The van der Waals surface area contributed by atoms with E-state index >= 15 is 0 Å². The smallest absolute Gasteiger partial charge is 0.296 e. The van der Waals surface area contributed by atoms with Crippen LogP contribution >= 0.6 is 15.9 Å². The van der Waals surface area contributed by atoms with Crippen LogP contribution in [-0.2, 0) is 21.9 Å². The van der Waals surface area contributed by atoms with E-state index in [0.717, 1.165) is 8.78 Å². The van der Waals surface area contributed by atoms with Gasteiger partial charge in [0.1, 0.15) is 12.2 Å². The first-order valence-electron chi connectivity index (χ1n) is 10.7. The molecule has 0 aliphatic rings. The minimum absolute atomic E-state index is 0.0228. The lowest BCUT2D eigenvalue weighted by atomic mass is 10.3. The molecule has 0 saturated carbocycles. The highest BCUT2D eigenvalue weighted by Gasteiger charge is 2.33. The molecule has 10 heteroatoms. The molecule has 1 amide bonds. The van der Waals surface area contributed by atoms with Crippen LogP contribution in [0.2, 0.25) is 0 Å². The second kappa shape index (κ2) is 9.93. The number of amides is 1. The summed E-state index contributed by atoms with van der Waals surface area (Å²) < 4.78 is 32.1. The summed E-state index contributed by atoms with van der Waals surface area (Å²) in [6.07, 6.45) is 0. The van der Waals surface area contributed by atoms with Gasteiger partial charge in [-0.05, 0) is 55.5 Å². The Morgan fingerprint density at radius 1 is 0.943 bits per heavy atom. The second-order valence-electron chi connectivity index (χ2n) is 7.79. The summed E-state index contributed by atoms with van der Waals surface area (Å²) >= 11 is 3.34. The van der Waals surface area contributed by atoms with Crippen molar-refractivity contribution in [3.63, 3.8) is 0 Å². The van der Waals surface area contributed by atoms with E-state index in [0.29, 0.717) is 17.1 Å². The molecule has 0 aliphatic heterocycles. The third kappa shape index (κ3) is 4.94. The Balaban J connectivity index is 1.82. The van der Waals surface area contributed by atoms with Gasteiger partial charge in [-0.3, -0.25) is 14.3 Å². The maximum absolute atomic E-state index is 13.7.